The van der Waals surface area contributed by atoms with Gasteiger partial charge in [0.25, 0.3) is 0 Å². The molecule has 0 atom stereocenters. The van der Waals surface area contributed by atoms with Gasteiger partial charge in [0.1, 0.15) is 0 Å². The Hall–Kier alpha value is -1.92. The molecule has 0 saturated heterocycles. The van der Waals surface area contributed by atoms with E-state index >= 15 is 0 Å². The van der Waals surface area contributed by atoms with Crippen LogP contribution in [0.25, 0.3) is 0 Å². The summed E-state index contributed by atoms with van der Waals surface area (Å²) >= 11 is 2.91. The van der Waals surface area contributed by atoms with E-state index in [-0.39, 0.29) is 11.7 Å². The molecule has 0 unspecified atom stereocenters. The molecule has 0 spiro atoms. The molecule has 4 nitrogen and oxygen atoms in total. The van der Waals surface area contributed by atoms with Gasteiger partial charge in [-0.1, -0.05) is 53.7 Å². The van der Waals surface area contributed by atoms with E-state index in [1.807, 2.05) is 35.7 Å². The second kappa shape index (κ2) is 10.4. The van der Waals surface area contributed by atoms with Gasteiger partial charge in [0.15, 0.2) is 10.1 Å². The fourth-order valence-electron chi connectivity index (χ4n) is 2.99. The molecule has 6 heteroatoms. The van der Waals surface area contributed by atoms with Crippen molar-refractivity contribution in [1.82, 2.24) is 10.3 Å². The Balaban J connectivity index is 1.39. The van der Waals surface area contributed by atoms with E-state index in [0.717, 1.165) is 16.5 Å². The van der Waals surface area contributed by atoms with Crippen LogP contribution in [0.15, 0.2) is 51.7 Å². The zero-order valence-corrected chi connectivity index (χ0v) is 16.9. The normalized spacial score (nSPS) is 13.9. The van der Waals surface area contributed by atoms with Gasteiger partial charge in [-0.2, -0.15) is 0 Å². The second-order valence-electron chi connectivity index (χ2n) is 6.57. The van der Waals surface area contributed by atoms with Crippen LogP contribution in [0.2, 0.25) is 0 Å². The number of hydrogen-bond acceptors (Lipinski definition) is 5. The highest BCUT2D eigenvalue weighted by Gasteiger charge is 2.11. The maximum Gasteiger partial charge on any atom is 0.226 e. The minimum absolute atomic E-state index is 0.00798. The highest BCUT2D eigenvalue weighted by atomic mass is 32.2. The van der Waals surface area contributed by atoms with E-state index in [1.54, 1.807) is 0 Å². The van der Waals surface area contributed by atoms with Gasteiger partial charge in [-0.3, -0.25) is 9.59 Å². The van der Waals surface area contributed by atoms with Crippen LogP contribution < -0.4 is 5.32 Å². The van der Waals surface area contributed by atoms with Gasteiger partial charge in [0.05, 0.1) is 17.9 Å². The van der Waals surface area contributed by atoms with Crippen molar-refractivity contribution in [3.63, 3.8) is 0 Å². The number of allylic oxidation sites excluding steroid dienone is 1. The third kappa shape index (κ3) is 6.63. The predicted molar refractivity (Wildman–Crippen MR) is 111 cm³/mol. The molecule has 1 aliphatic rings. The number of benzene rings is 1. The average molecular weight is 401 g/mol. The number of thiazole rings is 1. The van der Waals surface area contributed by atoms with Gasteiger partial charge < -0.3 is 5.32 Å². The van der Waals surface area contributed by atoms with Crippen molar-refractivity contribution in [2.75, 3.05) is 12.3 Å². The van der Waals surface area contributed by atoms with Crippen molar-refractivity contribution in [3.05, 3.63) is 58.6 Å². The van der Waals surface area contributed by atoms with Crippen LogP contribution in [0, 0.1) is 0 Å². The van der Waals surface area contributed by atoms with E-state index in [4.69, 9.17) is 0 Å². The molecule has 3 rings (SSSR count). The van der Waals surface area contributed by atoms with Gasteiger partial charge in [0, 0.05) is 17.5 Å². The first-order valence-corrected chi connectivity index (χ1v) is 11.2. The van der Waals surface area contributed by atoms with Gasteiger partial charge in [0.2, 0.25) is 5.91 Å². The maximum absolute atomic E-state index is 12.1. The SMILES string of the molecule is O=C(Cc1csc(SCC(=O)c2ccccc2)n1)NCCC1=CCCCC1. The average Bonchev–Trinajstić information content (AvgIpc) is 3.15. The van der Waals surface area contributed by atoms with Crippen molar-refractivity contribution in [2.45, 2.75) is 42.9 Å². The van der Waals surface area contributed by atoms with E-state index < -0.39 is 0 Å². The molecule has 0 radical (unpaired) electrons. The molecule has 1 N–H and O–H groups in total. The second-order valence-corrected chi connectivity index (χ2v) is 8.65. The van der Waals surface area contributed by atoms with Crippen molar-refractivity contribution in [2.24, 2.45) is 0 Å². The van der Waals surface area contributed by atoms with Crippen LogP contribution in [-0.2, 0) is 11.2 Å². The standard InChI is InChI=1S/C21H24N2O2S2/c24-19(17-9-5-2-6-10-17)15-27-21-23-18(14-26-21)13-20(25)22-12-11-16-7-3-1-4-8-16/h2,5-7,9-10,14H,1,3-4,8,11-13,15H2,(H,22,25). The quantitative estimate of drug-likeness (QED) is 0.378. The summed E-state index contributed by atoms with van der Waals surface area (Å²) in [5.74, 6) is 0.457. The smallest absolute Gasteiger partial charge is 0.226 e. The van der Waals surface area contributed by atoms with Gasteiger partial charge in [-0.25, -0.2) is 4.98 Å². The number of thioether (sulfide) groups is 1. The zero-order chi connectivity index (χ0) is 18.9. The lowest BCUT2D eigenvalue weighted by molar-refractivity contribution is -0.120. The van der Waals surface area contributed by atoms with E-state index in [9.17, 15) is 9.59 Å². The Morgan fingerprint density at radius 2 is 2.04 bits per heavy atom. The summed E-state index contributed by atoms with van der Waals surface area (Å²) in [5, 5.41) is 4.88. The van der Waals surface area contributed by atoms with Gasteiger partial charge >= 0.3 is 0 Å². The van der Waals surface area contributed by atoms with Crippen LogP contribution in [0.4, 0.5) is 0 Å². The summed E-state index contributed by atoms with van der Waals surface area (Å²) in [6.07, 6.45) is 8.47. The molecule has 1 aromatic heterocycles. The summed E-state index contributed by atoms with van der Waals surface area (Å²) in [5.41, 5.74) is 2.95. The Kier molecular flexibility index (Phi) is 7.66. The van der Waals surface area contributed by atoms with E-state index in [0.29, 0.717) is 24.3 Å². The van der Waals surface area contributed by atoms with Crippen LogP contribution >= 0.6 is 23.1 Å². The fourth-order valence-corrected chi connectivity index (χ4v) is 4.73. The Bertz CT molecular complexity index is 800. The third-order valence-electron chi connectivity index (χ3n) is 4.45. The van der Waals surface area contributed by atoms with Crippen LogP contribution in [0.5, 0.6) is 0 Å². The van der Waals surface area contributed by atoms with Crippen LogP contribution in [0.3, 0.4) is 0 Å². The van der Waals surface area contributed by atoms with E-state index in [2.05, 4.69) is 16.4 Å². The molecule has 1 aliphatic carbocycles. The summed E-state index contributed by atoms with van der Waals surface area (Å²) in [7, 11) is 0. The van der Waals surface area contributed by atoms with Crippen molar-refractivity contribution in [1.29, 1.82) is 0 Å². The highest BCUT2D eigenvalue weighted by molar-refractivity contribution is 8.01. The molecule has 0 bridgehead atoms. The first-order valence-electron chi connectivity index (χ1n) is 9.31. The minimum atomic E-state index is 0.00798. The maximum atomic E-state index is 12.1. The molecule has 27 heavy (non-hydrogen) atoms. The molecule has 1 aromatic carbocycles. The number of carbonyl (C=O) groups excluding carboxylic acids is 2. The largest absolute Gasteiger partial charge is 0.355 e. The molecule has 0 saturated carbocycles. The molecule has 0 aliphatic heterocycles. The first kappa shape index (κ1) is 19.8. The number of aromatic nitrogens is 1. The van der Waals surface area contributed by atoms with Crippen molar-refractivity contribution < 1.29 is 9.59 Å². The number of ketones is 1. The Morgan fingerprint density at radius 1 is 1.19 bits per heavy atom. The molecule has 1 amide bonds. The molecule has 1 heterocycles. The number of amides is 1. The number of rotatable bonds is 9. The third-order valence-corrected chi connectivity index (χ3v) is 6.52. The predicted octanol–water partition coefficient (Wildman–Crippen LogP) is 4.67. The molecular weight excluding hydrogens is 376 g/mol. The number of nitrogens with one attached hydrogen (secondary N) is 1. The van der Waals surface area contributed by atoms with Crippen LogP contribution in [0.1, 0.15) is 48.2 Å². The lowest BCUT2D eigenvalue weighted by Crippen LogP contribution is -2.26. The summed E-state index contributed by atoms with van der Waals surface area (Å²) in [4.78, 5) is 28.7. The number of hydrogen-bond donors (Lipinski definition) is 1. The highest BCUT2D eigenvalue weighted by Crippen LogP contribution is 2.24. The minimum Gasteiger partial charge on any atom is -0.355 e. The van der Waals surface area contributed by atoms with Crippen molar-refractivity contribution >= 4 is 34.8 Å². The summed E-state index contributed by atoms with van der Waals surface area (Å²) in [6.45, 7) is 0.696. The lowest BCUT2D eigenvalue weighted by atomic mass is 9.97. The number of Topliss-reactive ketones (excluding diaryl/α,β-unsaturated/α-hetero) is 1. The molecule has 142 valence electrons. The van der Waals surface area contributed by atoms with Gasteiger partial charge in [-0.05, 0) is 32.1 Å². The first-order chi connectivity index (χ1) is 13.2. The lowest BCUT2D eigenvalue weighted by Gasteiger charge is -2.12. The van der Waals surface area contributed by atoms with Crippen molar-refractivity contribution in [3.8, 4) is 0 Å². The Morgan fingerprint density at radius 3 is 2.81 bits per heavy atom. The zero-order valence-electron chi connectivity index (χ0n) is 15.3. The Labute approximate surface area is 168 Å². The molecule has 2 aromatic rings. The molecular formula is C21H24N2O2S2. The fraction of sp³-hybridized carbons (Fsp3) is 0.381. The molecule has 0 fully saturated rings. The summed E-state index contributed by atoms with van der Waals surface area (Å²) in [6, 6.07) is 9.27. The number of nitrogens with zero attached hydrogens (tertiary/aromatic N) is 1. The van der Waals surface area contributed by atoms with Crippen LogP contribution in [-0.4, -0.2) is 29.0 Å². The number of carbonyl (C=O) groups is 2. The monoisotopic (exact) mass is 400 g/mol. The van der Waals surface area contributed by atoms with E-state index in [1.165, 1.54) is 54.4 Å². The van der Waals surface area contributed by atoms with Gasteiger partial charge in [-0.15, -0.1) is 11.3 Å². The topological polar surface area (TPSA) is 59.1 Å². The summed E-state index contributed by atoms with van der Waals surface area (Å²) < 4.78 is 0.828.